The number of fused-ring (bicyclic) bond motifs is 1. The summed E-state index contributed by atoms with van der Waals surface area (Å²) in [5, 5.41) is 2.99. The molecule has 0 unspecified atom stereocenters. The Labute approximate surface area is 130 Å². The third-order valence-electron chi connectivity index (χ3n) is 4.60. The molecule has 1 amide bonds. The first kappa shape index (κ1) is 15.4. The van der Waals surface area contributed by atoms with E-state index in [0.29, 0.717) is 26.4 Å². The summed E-state index contributed by atoms with van der Waals surface area (Å²) in [6.45, 7) is 4.65. The first-order valence-electron chi connectivity index (χ1n) is 7.72. The summed E-state index contributed by atoms with van der Waals surface area (Å²) in [6, 6.07) is 5.94. The number of hydrogen-bond acceptors (Lipinski definition) is 5. The summed E-state index contributed by atoms with van der Waals surface area (Å²) >= 11 is 0. The van der Waals surface area contributed by atoms with E-state index in [4.69, 9.17) is 9.47 Å². The molecule has 0 aromatic carbocycles. The third-order valence-corrected chi connectivity index (χ3v) is 4.60. The Morgan fingerprint density at radius 2 is 2.50 bits per heavy atom. The van der Waals surface area contributed by atoms with Gasteiger partial charge in [-0.1, -0.05) is 6.07 Å². The molecule has 6 nitrogen and oxygen atoms in total. The van der Waals surface area contributed by atoms with E-state index in [0.717, 1.165) is 25.3 Å². The zero-order valence-corrected chi connectivity index (χ0v) is 13.0. The average molecular weight is 305 g/mol. The number of amides is 1. The largest absolute Gasteiger partial charge is 0.383 e. The minimum Gasteiger partial charge on any atom is -0.383 e. The molecule has 3 heterocycles. The third kappa shape index (κ3) is 2.99. The Kier molecular flexibility index (Phi) is 4.71. The normalized spacial score (nSPS) is 27.8. The summed E-state index contributed by atoms with van der Waals surface area (Å²) in [4.78, 5) is 19.3. The maximum Gasteiger partial charge on any atom is 0.230 e. The second-order valence-corrected chi connectivity index (χ2v) is 6.11. The number of methoxy groups -OCH3 is 1. The molecule has 6 heteroatoms. The van der Waals surface area contributed by atoms with Crippen LogP contribution < -0.4 is 5.32 Å². The predicted octanol–water partition coefficient (Wildman–Crippen LogP) is 0.293. The van der Waals surface area contributed by atoms with Gasteiger partial charge in [0, 0.05) is 45.4 Å². The molecule has 0 bridgehead atoms. The lowest BCUT2D eigenvalue weighted by molar-refractivity contribution is -0.131. The average Bonchev–Trinajstić information content (AvgIpc) is 3.06. The van der Waals surface area contributed by atoms with Gasteiger partial charge in [0.1, 0.15) is 0 Å². The van der Waals surface area contributed by atoms with Gasteiger partial charge in [-0.2, -0.15) is 0 Å². The molecule has 1 aromatic heterocycles. The van der Waals surface area contributed by atoms with Crippen LogP contribution in [0.1, 0.15) is 5.69 Å². The number of rotatable bonds is 6. The number of hydrogen-bond donors (Lipinski definition) is 1. The second kappa shape index (κ2) is 6.73. The summed E-state index contributed by atoms with van der Waals surface area (Å²) in [6.07, 6.45) is 1.81. The number of carbonyl (C=O) groups is 1. The molecule has 3 rings (SSSR count). The number of likely N-dealkylation sites (tertiary alicyclic amines) is 1. The van der Waals surface area contributed by atoms with E-state index < -0.39 is 5.41 Å². The molecule has 0 radical (unpaired) electrons. The van der Waals surface area contributed by atoms with Crippen LogP contribution in [0, 0.1) is 11.3 Å². The molecule has 120 valence electrons. The van der Waals surface area contributed by atoms with E-state index in [1.807, 2.05) is 24.4 Å². The van der Waals surface area contributed by atoms with Crippen LogP contribution in [-0.2, 0) is 20.8 Å². The van der Waals surface area contributed by atoms with Gasteiger partial charge in [0.25, 0.3) is 0 Å². The van der Waals surface area contributed by atoms with E-state index in [-0.39, 0.29) is 11.8 Å². The number of pyridine rings is 1. The van der Waals surface area contributed by atoms with Crippen molar-refractivity contribution in [3.63, 3.8) is 0 Å². The van der Waals surface area contributed by atoms with Crippen molar-refractivity contribution in [3.8, 4) is 0 Å². The maximum absolute atomic E-state index is 12.6. The monoisotopic (exact) mass is 305 g/mol. The molecule has 1 N–H and O–H groups in total. The van der Waals surface area contributed by atoms with Crippen molar-refractivity contribution in [1.29, 1.82) is 0 Å². The Morgan fingerprint density at radius 3 is 3.27 bits per heavy atom. The highest BCUT2D eigenvalue weighted by atomic mass is 16.5. The van der Waals surface area contributed by atoms with E-state index in [2.05, 4.69) is 15.2 Å². The minimum atomic E-state index is -0.414. The summed E-state index contributed by atoms with van der Waals surface area (Å²) < 4.78 is 10.6. The van der Waals surface area contributed by atoms with Crippen LogP contribution >= 0.6 is 0 Å². The van der Waals surface area contributed by atoms with Crippen LogP contribution in [0.4, 0.5) is 0 Å². The van der Waals surface area contributed by atoms with Gasteiger partial charge in [0.05, 0.1) is 30.9 Å². The molecule has 2 fully saturated rings. The number of ether oxygens (including phenoxy) is 2. The topological polar surface area (TPSA) is 63.7 Å². The highest BCUT2D eigenvalue weighted by Gasteiger charge is 2.55. The molecular formula is C16H23N3O3. The Hall–Kier alpha value is -1.50. The molecule has 22 heavy (non-hydrogen) atoms. The van der Waals surface area contributed by atoms with E-state index >= 15 is 0 Å². The highest BCUT2D eigenvalue weighted by molar-refractivity contribution is 5.84. The van der Waals surface area contributed by atoms with Crippen molar-refractivity contribution in [2.45, 2.75) is 6.54 Å². The predicted molar refractivity (Wildman–Crippen MR) is 81.1 cm³/mol. The Balaban J connectivity index is 1.64. The molecule has 1 aromatic rings. The lowest BCUT2D eigenvalue weighted by Gasteiger charge is -2.26. The van der Waals surface area contributed by atoms with Crippen LogP contribution in [0.5, 0.6) is 0 Å². The van der Waals surface area contributed by atoms with Crippen molar-refractivity contribution in [3.05, 3.63) is 30.1 Å². The smallest absolute Gasteiger partial charge is 0.230 e. The molecule has 0 saturated carbocycles. The van der Waals surface area contributed by atoms with Crippen LogP contribution in [0.2, 0.25) is 0 Å². The van der Waals surface area contributed by atoms with Gasteiger partial charge in [0.15, 0.2) is 0 Å². The first-order chi connectivity index (χ1) is 10.7. The quantitative estimate of drug-likeness (QED) is 0.766. The molecule has 2 atom stereocenters. The molecule has 2 aliphatic rings. The summed E-state index contributed by atoms with van der Waals surface area (Å²) in [7, 11) is 1.64. The second-order valence-electron chi connectivity index (χ2n) is 6.11. The van der Waals surface area contributed by atoms with Crippen molar-refractivity contribution in [2.24, 2.45) is 11.3 Å². The lowest BCUT2D eigenvalue weighted by Crippen LogP contribution is -2.47. The summed E-state index contributed by atoms with van der Waals surface area (Å²) in [5.74, 6) is 0.356. The number of nitrogens with zero attached hydrogens (tertiary/aromatic N) is 2. The molecule has 0 aliphatic carbocycles. The molecule has 2 saturated heterocycles. The van der Waals surface area contributed by atoms with Crippen LogP contribution in [0.25, 0.3) is 0 Å². The lowest BCUT2D eigenvalue weighted by atomic mass is 9.80. The van der Waals surface area contributed by atoms with Gasteiger partial charge in [-0.05, 0) is 12.1 Å². The molecular weight excluding hydrogens is 282 g/mol. The number of aromatic nitrogens is 1. The van der Waals surface area contributed by atoms with E-state index in [1.54, 1.807) is 7.11 Å². The van der Waals surface area contributed by atoms with Crippen molar-refractivity contribution in [1.82, 2.24) is 15.2 Å². The van der Waals surface area contributed by atoms with E-state index in [9.17, 15) is 4.79 Å². The fraction of sp³-hybridized carbons (Fsp3) is 0.625. The van der Waals surface area contributed by atoms with Crippen molar-refractivity contribution < 1.29 is 14.3 Å². The summed E-state index contributed by atoms with van der Waals surface area (Å²) in [5.41, 5.74) is 0.626. The van der Waals surface area contributed by atoms with Gasteiger partial charge in [-0.25, -0.2) is 0 Å². The number of carbonyl (C=O) groups excluding carboxylic acids is 1. The zero-order chi connectivity index (χ0) is 15.4. The Morgan fingerprint density at radius 1 is 1.59 bits per heavy atom. The van der Waals surface area contributed by atoms with Crippen LogP contribution in [-0.4, -0.2) is 62.4 Å². The molecule has 0 spiro atoms. The van der Waals surface area contributed by atoms with Gasteiger partial charge in [-0.3, -0.25) is 14.7 Å². The van der Waals surface area contributed by atoms with Crippen molar-refractivity contribution in [2.75, 3.05) is 46.6 Å². The van der Waals surface area contributed by atoms with Crippen LogP contribution in [0.15, 0.2) is 24.4 Å². The fourth-order valence-corrected chi connectivity index (χ4v) is 3.44. The fourth-order valence-electron chi connectivity index (χ4n) is 3.44. The SMILES string of the molecule is COCCNC(=O)[C@]12COC[C@H]1CN(Cc1ccccn1)C2. The Bertz CT molecular complexity index is 511. The molecule has 2 aliphatic heterocycles. The highest BCUT2D eigenvalue weighted by Crippen LogP contribution is 2.41. The van der Waals surface area contributed by atoms with Crippen molar-refractivity contribution >= 4 is 5.91 Å². The number of nitrogens with one attached hydrogen (secondary N) is 1. The maximum atomic E-state index is 12.6. The first-order valence-corrected chi connectivity index (χ1v) is 7.72. The van der Waals surface area contributed by atoms with E-state index in [1.165, 1.54) is 0 Å². The van der Waals surface area contributed by atoms with Gasteiger partial charge in [0.2, 0.25) is 5.91 Å². The van der Waals surface area contributed by atoms with Gasteiger partial charge >= 0.3 is 0 Å². The van der Waals surface area contributed by atoms with Gasteiger partial charge in [-0.15, -0.1) is 0 Å². The zero-order valence-electron chi connectivity index (χ0n) is 13.0. The van der Waals surface area contributed by atoms with Gasteiger partial charge < -0.3 is 14.8 Å². The minimum absolute atomic E-state index is 0.0931. The van der Waals surface area contributed by atoms with Crippen LogP contribution in [0.3, 0.4) is 0 Å². The standard InChI is InChI=1S/C16H23N3O3/c1-21-7-6-18-15(20)16-11-19(8-13(16)10-22-12-16)9-14-4-2-3-5-17-14/h2-5,13H,6-12H2,1H3,(H,18,20)/t13-,16-/m1/s1.